The summed E-state index contributed by atoms with van der Waals surface area (Å²) in [5.74, 6) is 0.264. The Morgan fingerprint density at radius 1 is 1.20 bits per heavy atom. The monoisotopic (exact) mass is 478 g/mol. The Hall–Kier alpha value is -2.77. The molecule has 1 aliphatic heterocycles. The molecule has 186 valence electrons. The molecular weight excluding hydrogens is 443 g/mol. The van der Waals surface area contributed by atoms with Gasteiger partial charge in [0.2, 0.25) is 0 Å². The molecule has 0 spiro atoms. The van der Waals surface area contributed by atoms with Crippen LogP contribution in [0.2, 0.25) is 0 Å². The van der Waals surface area contributed by atoms with E-state index in [1.807, 2.05) is 30.8 Å². The number of amides is 1. The minimum atomic E-state index is -0.420. The number of likely N-dealkylation sites (tertiary alicyclic amines) is 1. The minimum absolute atomic E-state index is 0.00602. The lowest BCUT2D eigenvalue weighted by molar-refractivity contribution is 0.00548. The van der Waals surface area contributed by atoms with Crippen molar-refractivity contribution < 1.29 is 14.3 Å². The molecule has 1 aliphatic carbocycles. The Balaban J connectivity index is 1.47. The van der Waals surface area contributed by atoms with Crippen molar-refractivity contribution in [3.8, 4) is 5.69 Å². The van der Waals surface area contributed by atoms with Crippen LogP contribution in [0.4, 0.5) is 4.39 Å². The normalized spacial score (nSPS) is 21.4. The summed E-state index contributed by atoms with van der Waals surface area (Å²) in [6.45, 7) is 6.22. The summed E-state index contributed by atoms with van der Waals surface area (Å²) >= 11 is 0. The minimum Gasteiger partial charge on any atom is -0.396 e. The fourth-order valence-electron chi connectivity index (χ4n) is 5.71. The molecule has 1 aromatic carbocycles. The molecule has 2 aliphatic rings. The van der Waals surface area contributed by atoms with E-state index in [1.54, 1.807) is 18.0 Å². The first-order valence-electron chi connectivity index (χ1n) is 12.7. The van der Waals surface area contributed by atoms with Crippen LogP contribution in [0.1, 0.15) is 61.4 Å². The van der Waals surface area contributed by atoms with E-state index in [0.717, 1.165) is 49.7 Å². The average Bonchev–Trinajstić information content (AvgIpc) is 3.22. The van der Waals surface area contributed by atoms with Crippen LogP contribution in [0.15, 0.2) is 42.9 Å². The van der Waals surface area contributed by atoms with Crippen molar-refractivity contribution in [1.29, 1.82) is 0 Å². The molecule has 1 saturated carbocycles. The molecule has 1 amide bonds. The zero-order valence-corrected chi connectivity index (χ0v) is 20.8. The first kappa shape index (κ1) is 23.9. The molecule has 0 unspecified atom stereocenters. The Labute approximate surface area is 206 Å². The predicted octanol–water partition coefficient (Wildman–Crippen LogP) is 4.60. The van der Waals surface area contributed by atoms with Crippen LogP contribution in [0.5, 0.6) is 0 Å². The molecule has 1 N–H and O–H groups in total. The van der Waals surface area contributed by atoms with Gasteiger partial charge >= 0.3 is 0 Å². The number of pyridine rings is 1. The number of benzene rings is 1. The molecule has 35 heavy (non-hydrogen) atoms. The van der Waals surface area contributed by atoms with Crippen molar-refractivity contribution in [2.24, 2.45) is 5.92 Å². The van der Waals surface area contributed by atoms with Crippen LogP contribution in [0, 0.1) is 11.7 Å². The quantitative estimate of drug-likeness (QED) is 0.563. The van der Waals surface area contributed by atoms with Gasteiger partial charge in [-0.15, -0.1) is 0 Å². The number of fused-ring (bicyclic) bond motifs is 1. The molecule has 3 heterocycles. The molecule has 0 atom stereocenters. The van der Waals surface area contributed by atoms with Crippen molar-refractivity contribution >= 4 is 16.8 Å². The Kier molecular flexibility index (Phi) is 6.64. The topological polar surface area (TPSA) is 61.6 Å². The summed E-state index contributed by atoms with van der Waals surface area (Å²) in [7, 11) is 1.75. The van der Waals surface area contributed by atoms with E-state index in [1.165, 1.54) is 17.7 Å². The molecule has 0 radical (unpaired) electrons. The van der Waals surface area contributed by atoms with Gasteiger partial charge in [-0.2, -0.15) is 0 Å². The first-order chi connectivity index (χ1) is 16.9. The van der Waals surface area contributed by atoms with Gasteiger partial charge in [0.15, 0.2) is 0 Å². The molecule has 3 aromatic rings. The standard InChI is InChI=1S/C28H35FN4O2/c1-18(2)31(3)28(35)24-12-21(29)6-9-26(24)33-16-25(23-10-11-30-13-27(23)33)20-4-7-22(8-5-20)32-14-19(15-32)17-34/h6,9-13,16,18-20,22,34H,4-5,7-8,14-15,17H2,1-3H3. The highest BCUT2D eigenvalue weighted by Gasteiger charge is 2.35. The fraction of sp³-hybridized carbons (Fsp3) is 0.500. The van der Waals surface area contributed by atoms with E-state index in [4.69, 9.17) is 0 Å². The first-order valence-corrected chi connectivity index (χ1v) is 12.7. The Morgan fingerprint density at radius 2 is 1.94 bits per heavy atom. The summed E-state index contributed by atoms with van der Waals surface area (Å²) in [6, 6.07) is 7.13. The summed E-state index contributed by atoms with van der Waals surface area (Å²) < 4.78 is 16.3. The molecule has 2 aromatic heterocycles. The van der Waals surface area contributed by atoms with Crippen molar-refractivity contribution in [3.05, 3.63) is 59.8 Å². The predicted molar refractivity (Wildman–Crippen MR) is 135 cm³/mol. The molecule has 6 nitrogen and oxygen atoms in total. The van der Waals surface area contributed by atoms with Crippen LogP contribution < -0.4 is 0 Å². The van der Waals surface area contributed by atoms with Gasteiger partial charge in [0.25, 0.3) is 5.91 Å². The van der Waals surface area contributed by atoms with Gasteiger partial charge in [-0.05, 0) is 75.3 Å². The number of aliphatic hydroxyl groups is 1. The van der Waals surface area contributed by atoms with Crippen molar-refractivity contribution in [3.63, 3.8) is 0 Å². The third-order valence-corrected chi connectivity index (χ3v) is 8.08. The number of aliphatic hydroxyl groups excluding tert-OH is 1. The lowest BCUT2D eigenvalue weighted by atomic mass is 9.80. The van der Waals surface area contributed by atoms with Gasteiger partial charge < -0.3 is 14.6 Å². The highest BCUT2D eigenvalue weighted by Crippen LogP contribution is 2.40. The second-order valence-electron chi connectivity index (χ2n) is 10.5. The van der Waals surface area contributed by atoms with E-state index < -0.39 is 5.82 Å². The third-order valence-electron chi connectivity index (χ3n) is 8.08. The van der Waals surface area contributed by atoms with E-state index in [2.05, 4.69) is 22.1 Å². The molecule has 7 heteroatoms. The van der Waals surface area contributed by atoms with E-state index in [0.29, 0.717) is 35.7 Å². The largest absolute Gasteiger partial charge is 0.396 e. The van der Waals surface area contributed by atoms with Crippen molar-refractivity contribution in [2.45, 2.75) is 57.5 Å². The van der Waals surface area contributed by atoms with Gasteiger partial charge in [-0.25, -0.2) is 4.39 Å². The number of hydrogen-bond donors (Lipinski definition) is 1. The summed E-state index contributed by atoms with van der Waals surface area (Å²) in [5.41, 5.74) is 3.24. The maximum absolute atomic E-state index is 14.3. The molecular formula is C28H35FN4O2. The molecule has 2 fully saturated rings. The number of carbonyl (C=O) groups is 1. The molecule has 1 saturated heterocycles. The maximum Gasteiger partial charge on any atom is 0.256 e. The SMILES string of the molecule is CC(C)N(C)C(=O)c1cc(F)ccc1-n1cc(C2CCC(N3CC(CO)C3)CC2)c2ccncc21. The maximum atomic E-state index is 14.3. The van der Waals surface area contributed by atoms with Gasteiger partial charge in [0, 0.05) is 62.5 Å². The van der Waals surface area contributed by atoms with Gasteiger partial charge in [-0.1, -0.05) is 0 Å². The van der Waals surface area contributed by atoms with Crippen LogP contribution in [-0.2, 0) is 0 Å². The van der Waals surface area contributed by atoms with E-state index in [9.17, 15) is 14.3 Å². The van der Waals surface area contributed by atoms with Crippen LogP contribution in [0.25, 0.3) is 16.6 Å². The molecule has 5 rings (SSSR count). The van der Waals surface area contributed by atoms with Crippen molar-refractivity contribution in [1.82, 2.24) is 19.4 Å². The number of nitrogens with zero attached hydrogens (tertiary/aromatic N) is 4. The zero-order chi connectivity index (χ0) is 24.7. The highest BCUT2D eigenvalue weighted by atomic mass is 19.1. The van der Waals surface area contributed by atoms with Crippen LogP contribution >= 0.6 is 0 Å². The summed E-state index contributed by atoms with van der Waals surface area (Å²) in [5, 5.41) is 10.5. The average molecular weight is 479 g/mol. The lowest BCUT2D eigenvalue weighted by Crippen LogP contribution is -2.54. The third kappa shape index (κ3) is 4.47. The smallest absolute Gasteiger partial charge is 0.256 e. The van der Waals surface area contributed by atoms with Gasteiger partial charge in [0.05, 0.1) is 23.0 Å². The van der Waals surface area contributed by atoms with Crippen LogP contribution in [0.3, 0.4) is 0 Å². The summed E-state index contributed by atoms with van der Waals surface area (Å²) in [6.07, 6.45) is 10.3. The molecule has 0 bridgehead atoms. The Morgan fingerprint density at radius 3 is 2.63 bits per heavy atom. The van der Waals surface area contributed by atoms with E-state index in [-0.39, 0.29) is 11.9 Å². The van der Waals surface area contributed by atoms with E-state index >= 15 is 0 Å². The Bertz CT molecular complexity index is 1210. The number of rotatable bonds is 6. The number of halogens is 1. The fourth-order valence-corrected chi connectivity index (χ4v) is 5.71. The van der Waals surface area contributed by atoms with Gasteiger partial charge in [0.1, 0.15) is 5.82 Å². The van der Waals surface area contributed by atoms with Crippen LogP contribution in [-0.4, -0.2) is 69.2 Å². The number of aromatic nitrogens is 2. The second kappa shape index (κ2) is 9.70. The zero-order valence-electron chi connectivity index (χ0n) is 20.8. The van der Waals surface area contributed by atoms with Gasteiger partial charge in [-0.3, -0.25) is 14.7 Å². The highest BCUT2D eigenvalue weighted by molar-refractivity contribution is 5.99. The second-order valence-corrected chi connectivity index (χ2v) is 10.5. The summed E-state index contributed by atoms with van der Waals surface area (Å²) in [4.78, 5) is 21.8. The lowest BCUT2D eigenvalue weighted by Gasteiger charge is -2.46. The number of hydrogen-bond acceptors (Lipinski definition) is 4. The number of carbonyl (C=O) groups excluding carboxylic acids is 1. The van der Waals surface area contributed by atoms with Crippen molar-refractivity contribution in [2.75, 3.05) is 26.7 Å².